The van der Waals surface area contributed by atoms with E-state index >= 15 is 0 Å². The molecule has 1 aliphatic rings. The fourth-order valence-electron chi connectivity index (χ4n) is 3.73. The number of amides is 1. The van der Waals surface area contributed by atoms with Crippen molar-refractivity contribution in [1.82, 2.24) is 9.88 Å². The highest BCUT2D eigenvalue weighted by molar-refractivity contribution is 6.32. The van der Waals surface area contributed by atoms with E-state index in [0.29, 0.717) is 28.1 Å². The fraction of sp³-hybridized carbons (Fsp3) is 0.217. The van der Waals surface area contributed by atoms with Crippen LogP contribution in [0.2, 0.25) is 5.02 Å². The van der Waals surface area contributed by atoms with Gasteiger partial charge in [-0.2, -0.15) is 0 Å². The van der Waals surface area contributed by atoms with E-state index in [1.807, 2.05) is 30.6 Å². The molecule has 1 aliphatic heterocycles. The number of likely N-dealkylation sites (tertiary alicyclic amines) is 1. The number of ether oxygens (including phenoxy) is 1. The summed E-state index contributed by atoms with van der Waals surface area (Å²) in [7, 11) is 0. The molecule has 0 radical (unpaired) electrons. The maximum atomic E-state index is 11.2. The topological polar surface area (TPSA) is 68.5 Å². The molecule has 1 fully saturated rings. The number of rotatable bonds is 6. The van der Waals surface area contributed by atoms with Gasteiger partial charge in [0.1, 0.15) is 11.5 Å². The van der Waals surface area contributed by atoms with Crippen molar-refractivity contribution in [2.45, 2.75) is 25.4 Å². The number of carbonyl (C=O) groups excluding carboxylic acids is 1. The van der Waals surface area contributed by atoms with Crippen molar-refractivity contribution < 1.29 is 9.53 Å². The molecule has 4 rings (SSSR count). The third-order valence-electron chi connectivity index (χ3n) is 5.19. The Morgan fingerprint density at radius 1 is 1.21 bits per heavy atom. The number of primary amides is 1. The van der Waals surface area contributed by atoms with Gasteiger partial charge in [-0.15, -0.1) is 0 Å². The Bertz CT molecular complexity index is 993. The van der Waals surface area contributed by atoms with E-state index in [0.717, 1.165) is 19.5 Å². The number of aromatic nitrogens is 1. The Kier molecular flexibility index (Phi) is 5.79. The standard InChI is InChI=1S/C23H22ClN3O2/c24-20-13-17(23(25)28)7-10-22(20)29-19-8-5-16(6-9-19)15-27-12-2-4-21(27)18-3-1-11-26-14-18/h1,3,5-11,13-14,21H,2,4,12,15H2,(H2,25,28)/t21-/m0/s1/i23-1. The lowest BCUT2D eigenvalue weighted by Gasteiger charge is -2.24. The number of pyridine rings is 1. The van der Waals surface area contributed by atoms with Crippen LogP contribution in [-0.2, 0) is 6.54 Å². The Labute approximate surface area is 175 Å². The van der Waals surface area contributed by atoms with Crippen molar-refractivity contribution in [2.75, 3.05) is 6.54 Å². The van der Waals surface area contributed by atoms with Gasteiger partial charge in [0.05, 0.1) is 5.02 Å². The minimum atomic E-state index is -0.519. The molecule has 29 heavy (non-hydrogen) atoms. The number of nitrogens with two attached hydrogens (primary N) is 1. The smallest absolute Gasteiger partial charge is 0.248 e. The lowest BCUT2D eigenvalue weighted by atomic mass is 9.91. The number of nitrogens with zero attached hydrogens (tertiary/aromatic N) is 2. The summed E-state index contributed by atoms with van der Waals surface area (Å²) in [5, 5.41) is 0.349. The first kappa shape index (κ1) is 19.4. The highest BCUT2D eigenvalue weighted by Gasteiger charge is 2.25. The molecule has 5 nitrogen and oxygen atoms in total. The van der Waals surface area contributed by atoms with Gasteiger partial charge >= 0.3 is 0 Å². The molecular formula is C23H22ClN3O2. The highest BCUT2D eigenvalue weighted by atomic mass is 35.5. The SMILES string of the molecule is N[11C](=O)c1ccc(Oc2ccc(CN3CCC[C@H]3c3cccnc3)cc2)c(Cl)c1. The molecular weight excluding hydrogens is 385 g/mol. The van der Waals surface area contributed by atoms with Crippen LogP contribution < -0.4 is 10.5 Å². The van der Waals surface area contributed by atoms with Crippen LogP contribution in [0, 0.1) is 0 Å². The molecule has 1 atom stereocenters. The summed E-state index contributed by atoms with van der Waals surface area (Å²) in [5.74, 6) is 0.655. The molecule has 1 amide bonds. The van der Waals surface area contributed by atoms with Gasteiger partial charge in [-0.05, 0) is 66.9 Å². The third-order valence-corrected chi connectivity index (χ3v) is 5.48. The minimum absolute atomic E-state index is 0.349. The van der Waals surface area contributed by atoms with Crippen molar-refractivity contribution >= 4 is 17.5 Å². The largest absolute Gasteiger partial charge is 0.456 e. The van der Waals surface area contributed by atoms with E-state index in [1.54, 1.807) is 12.1 Å². The number of hydrogen-bond donors (Lipinski definition) is 1. The van der Waals surface area contributed by atoms with Crippen molar-refractivity contribution in [3.63, 3.8) is 0 Å². The van der Waals surface area contributed by atoms with Crippen molar-refractivity contribution in [3.8, 4) is 11.5 Å². The van der Waals surface area contributed by atoms with Gasteiger partial charge in [0.15, 0.2) is 0 Å². The molecule has 2 N–H and O–H groups in total. The molecule has 148 valence electrons. The summed E-state index contributed by atoms with van der Waals surface area (Å²) >= 11 is 6.20. The van der Waals surface area contributed by atoms with Crippen LogP contribution in [0.5, 0.6) is 11.5 Å². The number of carbonyl (C=O) groups is 1. The second kappa shape index (κ2) is 8.64. The molecule has 0 unspecified atom stereocenters. The minimum Gasteiger partial charge on any atom is -0.456 e. The van der Waals surface area contributed by atoms with E-state index < -0.39 is 5.91 Å². The molecule has 0 bridgehead atoms. The molecule has 1 aromatic heterocycles. The Morgan fingerprint density at radius 3 is 2.72 bits per heavy atom. The molecule has 0 saturated carbocycles. The number of hydrogen-bond acceptors (Lipinski definition) is 4. The van der Waals surface area contributed by atoms with E-state index in [2.05, 4.69) is 28.1 Å². The average molecular weight is 407 g/mol. The average Bonchev–Trinajstić information content (AvgIpc) is 3.19. The van der Waals surface area contributed by atoms with Crippen LogP contribution >= 0.6 is 11.6 Å². The zero-order valence-corrected chi connectivity index (χ0v) is 16.7. The normalized spacial score (nSPS) is 16.7. The lowest BCUT2D eigenvalue weighted by molar-refractivity contribution is 0.100. The maximum absolute atomic E-state index is 11.2. The summed E-state index contributed by atoms with van der Waals surface area (Å²) < 4.78 is 5.85. The van der Waals surface area contributed by atoms with Crippen LogP contribution in [0.1, 0.15) is 40.4 Å². The van der Waals surface area contributed by atoms with Crippen LogP contribution in [0.15, 0.2) is 67.0 Å². The molecule has 1 saturated heterocycles. The zero-order chi connectivity index (χ0) is 20.2. The number of halogens is 1. The summed E-state index contributed by atoms with van der Waals surface area (Å²) in [4.78, 5) is 18.0. The summed E-state index contributed by atoms with van der Waals surface area (Å²) in [6.45, 7) is 1.97. The fourth-order valence-corrected chi connectivity index (χ4v) is 3.95. The predicted molar refractivity (Wildman–Crippen MR) is 113 cm³/mol. The second-order valence-corrected chi connectivity index (χ2v) is 7.58. The first-order chi connectivity index (χ1) is 14.1. The van der Waals surface area contributed by atoms with Gasteiger partial charge in [-0.1, -0.05) is 29.8 Å². The van der Waals surface area contributed by atoms with Crippen molar-refractivity contribution in [1.29, 1.82) is 0 Å². The van der Waals surface area contributed by atoms with Gasteiger partial charge in [-0.25, -0.2) is 0 Å². The Morgan fingerprint density at radius 2 is 2.03 bits per heavy atom. The lowest BCUT2D eigenvalue weighted by Crippen LogP contribution is -2.22. The molecule has 0 aliphatic carbocycles. The van der Waals surface area contributed by atoms with Crippen molar-refractivity contribution in [3.05, 3.63) is 88.7 Å². The van der Waals surface area contributed by atoms with Crippen LogP contribution in [0.4, 0.5) is 0 Å². The van der Waals surface area contributed by atoms with Gasteiger partial charge in [0.2, 0.25) is 5.91 Å². The van der Waals surface area contributed by atoms with E-state index in [9.17, 15) is 4.79 Å². The first-order valence-corrected chi connectivity index (χ1v) is 9.98. The predicted octanol–water partition coefficient (Wildman–Crippen LogP) is 4.96. The van der Waals surface area contributed by atoms with E-state index in [-0.39, 0.29) is 0 Å². The monoisotopic (exact) mass is 406 g/mol. The molecule has 6 heteroatoms. The third kappa shape index (κ3) is 4.58. The quantitative estimate of drug-likeness (QED) is 0.627. The van der Waals surface area contributed by atoms with Gasteiger partial charge in [-0.3, -0.25) is 14.7 Å². The van der Waals surface area contributed by atoms with E-state index in [1.165, 1.54) is 23.6 Å². The summed E-state index contributed by atoms with van der Waals surface area (Å²) in [6.07, 6.45) is 6.13. The Hall–Kier alpha value is -2.89. The van der Waals surface area contributed by atoms with Gasteiger partial charge in [0, 0.05) is 30.5 Å². The van der Waals surface area contributed by atoms with E-state index in [4.69, 9.17) is 22.1 Å². The maximum Gasteiger partial charge on any atom is 0.248 e. The van der Waals surface area contributed by atoms with Crippen LogP contribution in [0.25, 0.3) is 0 Å². The molecule has 2 aromatic carbocycles. The highest BCUT2D eigenvalue weighted by Crippen LogP contribution is 2.34. The number of benzene rings is 2. The van der Waals surface area contributed by atoms with Crippen molar-refractivity contribution in [2.24, 2.45) is 5.73 Å². The molecule has 2 heterocycles. The van der Waals surface area contributed by atoms with Gasteiger partial charge < -0.3 is 10.5 Å². The first-order valence-electron chi connectivity index (χ1n) is 9.60. The summed E-state index contributed by atoms with van der Waals surface area (Å²) in [5.41, 5.74) is 8.13. The van der Waals surface area contributed by atoms with Gasteiger partial charge in [0.25, 0.3) is 0 Å². The Balaban J connectivity index is 1.42. The van der Waals surface area contributed by atoms with Crippen LogP contribution in [-0.4, -0.2) is 22.3 Å². The molecule has 3 aromatic rings. The zero-order valence-electron chi connectivity index (χ0n) is 15.9. The second-order valence-electron chi connectivity index (χ2n) is 7.17. The van der Waals surface area contributed by atoms with Crippen LogP contribution in [0.3, 0.4) is 0 Å². The summed E-state index contributed by atoms with van der Waals surface area (Å²) in [6, 6.07) is 17.3. The molecule has 0 spiro atoms.